The van der Waals surface area contributed by atoms with Crippen LogP contribution in [-0.4, -0.2) is 36.6 Å². The number of nitriles is 1. The van der Waals surface area contributed by atoms with Gasteiger partial charge < -0.3 is 25.1 Å². The van der Waals surface area contributed by atoms with Gasteiger partial charge in [-0.3, -0.25) is 9.59 Å². The van der Waals surface area contributed by atoms with Crippen LogP contribution in [0.5, 0.6) is 11.5 Å². The number of nitrogens with one attached hydrogen (secondary N) is 3. The van der Waals surface area contributed by atoms with Crippen LogP contribution in [0.4, 0.5) is 5.69 Å². The maximum absolute atomic E-state index is 12.8. The van der Waals surface area contributed by atoms with Gasteiger partial charge in [0.1, 0.15) is 11.6 Å². The predicted octanol–water partition coefficient (Wildman–Crippen LogP) is 5.76. The third-order valence-corrected chi connectivity index (χ3v) is 6.85. The van der Waals surface area contributed by atoms with E-state index in [9.17, 15) is 14.9 Å². The topological polar surface area (TPSA) is 116 Å². The van der Waals surface area contributed by atoms with Crippen LogP contribution in [0.3, 0.4) is 0 Å². The van der Waals surface area contributed by atoms with E-state index < -0.39 is 5.91 Å². The molecule has 0 aliphatic rings. The van der Waals surface area contributed by atoms with Crippen molar-refractivity contribution < 1.29 is 19.1 Å². The second kappa shape index (κ2) is 13.7. The molecule has 3 N–H and O–H groups in total. The Hall–Kier alpha value is -4.30. The number of H-pyrrole nitrogens is 1. The Bertz CT molecular complexity index is 1590. The van der Waals surface area contributed by atoms with Crippen molar-refractivity contribution in [1.82, 2.24) is 10.3 Å². The van der Waals surface area contributed by atoms with E-state index in [-0.39, 0.29) is 18.1 Å². The second-order valence-corrected chi connectivity index (χ2v) is 10.2. The number of hydrogen-bond acceptors (Lipinski definition) is 5. The molecule has 3 aromatic carbocycles. The first-order valence-electron chi connectivity index (χ1n) is 12.8. The number of carbonyl (C=O) groups excluding carboxylic acids is 2. The lowest BCUT2D eigenvalue weighted by atomic mass is 10.1. The molecule has 0 unspecified atom stereocenters. The van der Waals surface area contributed by atoms with Crippen LogP contribution in [0.25, 0.3) is 17.0 Å². The van der Waals surface area contributed by atoms with Crippen LogP contribution in [0.1, 0.15) is 23.6 Å². The number of para-hydroxylation sites is 1. The number of benzene rings is 3. The number of nitrogens with zero attached hydrogens (tertiary/aromatic N) is 1. The summed E-state index contributed by atoms with van der Waals surface area (Å²) in [6.07, 6.45) is 4.08. The fourth-order valence-electron chi connectivity index (χ4n) is 4.11. The van der Waals surface area contributed by atoms with Crippen LogP contribution in [0.15, 0.2) is 72.4 Å². The highest BCUT2D eigenvalue weighted by Crippen LogP contribution is 2.35. The number of hydrogen-bond donors (Lipinski definition) is 3. The molecule has 0 saturated heterocycles. The Kier molecular flexibility index (Phi) is 9.81. The first kappa shape index (κ1) is 28.7. The number of halogens is 1. The van der Waals surface area contributed by atoms with E-state index in [1.807, 2.05) is 74.6 Å². The van der Waals surface area contributed by atoms with Crippen molar-refractivity contribution >= 4 is 57.1 Å². The summed E-state index contributed by atoms with van der Waals surface area (Å²) in [4.78, 5) is 28.4. The van der Waals surface area contributed by atoms with Gasteiger partial charge in [0.25, 0.3) is 11.8 Å². The molecule has 8 nitrogen and oxygen atoms in total. The van der Waals surface area contributed by atoms with Crippen molar-refractivity contribution in [2.45, 2.75) is 20.3 Å². The number of carbonyl (C=O) groups is 2. The van der Waals surface area contributed by atoms with Gasteiger partial charge >= 0.3 is 0 Å². The van der Waals surface area contributed by atoms with Crippen molar-refractivity contribution in [2.24, 2.45) is 0 Å². The van der Waals surface area contributed by atoms with Crippen molar-refractivity contribution in [3.63, 3.8) is 0 Å². The second-order valence-electron chi connectivity index (χ2n) is 9.00. The van der Waals surface area contributed by atoms with E-state index in [2.05, 4.69) is 38.2 Å². The third-order valence-electron chi connectivity index (χ3n) is 6.05. The number of anilines is 1. The lowest BCUT2D eigenvalue weighted by molar-refractivity contribution is -0.118. The number of aromatic amines is 1. The van der Waals surface area contributed by atoms with E-state index in [0.29, 0.717) is 45.9 Å². The van der Waals surface area contributed by atoms with Gasteiger partial charge in [0, 0.05) is 29.3 Å². The summed E-state index contributed by atoms with van der Waals surface area (Å²) in [5.41, 5.74) is 4.50. The zero-order valence-electron chi connectivity index (χ0n) is 22.2. The monoisotopic (exact) mass is 648 g/mol. The predicted molar refractivity (Wildman–Crippen MR) is 164 cm³/mol. The highest BCUT2D eigenvalue weighted by molar-refractivity contribution is 14.1. The van der Waals surface area contributed by atoms with Gasteiger partial charge in [-0.05, 0) is 90.4 Å². The maximum Gasteiger partial charge on any atom is 0.262 e. The minimum absolute atomic E-state index is 0.0247. The first-order chi connectivity index (χ1) is 19.4. The van der Waals surface area contributed by atoms with Crippen molar-refractivity contribution in [3.8, 4) is 17.6 Å². The smallest absolute Gasteiger partial charge is 0.262 e. The highest BCUT2D eigenvalue weighted by Gasteiger charge is 2.16. The van der Waals surface area contributed by atoms with E-state index >= 15 is 0 Å². The molecule has 0 saturated carbocycles. The van der Waals surface area contributed by atoms with Crippen LogP contribution in [0.2, 0.25) is 0 Å². The van der Waals surface area contributed by atoms with Gasteiger partial charge in [-0.1, -0.05) is 35.9 Å². The zero-order chi connectivity index (χ0) is 28.5. The van der Waals surface area contributed by atoms with Crippen LogP contribution >= 0.6 is 22.6 Å². The summed E-state index contributed by atoms with van der Waals surface area (Å²) in [6.45, 7) is 4.36. The summed E-state index contributed by atoms with van der Waals surface area (Å²) in [5.74, 6) is 0.0757. The average molecular weight is 649 g/mol. The molecule has 0 atom stereocenters. The van der Waals surface area contributed by atoms with E-state index in [1.54, 1.807) is 12.1 Å². The summed E-state index contributed by atoms with van der Waals surface area (Å²) in [7, 11) is 0. The largest absolute Gasteiger partial charge is 0.490 e. The van der Waals surface area contributed by atoms with Crippen LogP contribution < -0.4 is 20.1 Å². The quantitative estimate of drug-likeness (QED) is 0.109. The number of fused-ring (bicyclic) bond motifs is 1. The standard InChI is InChI=1S/C31H29IN4O4/c1-3-39-28-16-21(15-26(32)30(28)40-19-29(37)36-24-10-8-20(2)9-11-24)14-23(17-33)31(38)34-13-12-22-18-35-27-7-5-4-6-25(22)27/h4-11,14-16,18,35H,3,12-13,19H2,1-2H3,(H,34,38)(H,36,37)/b23-14-. The first-order valence-corrected chi connectivity index (χ1v) is 13.9. The molecule has 1 heterocycles. The van der Waals surface area contributed by atoms with Gasteiger partial charge in [-0.25, -0.2) is 0 Å². The summed E-state index contributed by atoms with van der Waals surface area (Å²) in [6, 6.07) is 20.9. The molecule has 0 aliphatic heterocycles. The number of aryl methyl sites for hydroxylation is 1. The number of rotatable bonds is 11. The molecule has 4 rings (SSSR count). The van der Waals surface area contributed by atoms with E-state index in [4.69, 9.17) is 9.47 Å². The van der Waals surface area contributed by atoms with E-state index in [0.717, 1.165) is 22.0 Å². The fourth-order valence-corrected chi connectivity index (χ4v) is 4.89. The van der Waals surface area contributed by atoms with Crippen LogP contribution in [0, 0.1) is 21.8 Å². The lowest BCUT2D eigenvalue weighted by Gasteiger charge is -2.15. The summed E-state index contributed by atoms with van der Waals surface area (Å²) < 4.78 is 12.3. The Balaban J connectivity index is 1.41. The fraction of sp³-hybridized carbons (Fsp3) is 0.194. The molecule has 204 valence electrons. The van der Waals surface area contributed by atoms with Crippen molar-refractivity contribution in [2.75, 3.05) is 25.1 Å². The van der Waals surface area contributed by atoms with Gasteiger partial charge in [0.2, 0.25) is 0 Å². The molecule has 1 aromatic heterocycles. The van der Waals surface area contributed by atoms with Gasteiger partial charge in [-0.15, -0.1) is 0 Å². The molecule has 9 heteroatoms. The zero-order valence-corrected chi connectivity index (χ0v) is 24.4. The third kappa shape index (κ3) is 7.42. The summed E-state index contributed by atoms with van der Waals surface area (Å²) >= 11 is 2.08. The number of ether oxygens (including phenoxy) is 2. The maximum atomic E-state index is 12.8. The van der Waals surface area contributed by atoms with E-state index in [1.165, 1.54) is 6.08 Å². The molecule has 0 bridgehead atoms. The molecule has 0 radical (unpaired) electrons. The number of aromatic nitrogens is 1. The van der Waals surface area contributed by atoms with Gasteiger partial charge in [0.05, 0.1) is 10.2 Å². The Morgan fingerprint density at radius 3 is 2.62 bits per heavy atom. The molecule has 2 amide bonds. The molecular formula is C31H29IN4O4. The minimum atomic E-state index is -0.455. The molecule has 40 heavy (non-hydrogen) atoms. The molecule has 0 fully saturated rings. The Morgan fingerprint density at radius 1 is 1.10 bits per heavy atom. The average Bonchev–Trinajstić information content (AvgIpc) is 3.35. The number of amides is 2. The molecule has 0 aliphatic carbocycles. The highest BCUT2D eigenvalue weighted by atomic mass is 127. The Labute approximate surface area is 246 Å². The van der Waals surface area contributed by atoms with Crippen molar-refractivity contribution in [3.05, 3.63) is 92.7 Å². The summed E-state index contributed by atoms with van der Waals surface area (Å²) in [5, 5.41) is 16.4. The minimum Gasteiger partial charge on any atom is -0.490 e. The van der Waals surface area contributed by atoms with Crippen molar-refractivity contribution in [1.29, 1.82) is 5.26 Å². The van der Waals surface area contributed by atoms with Crippen LogP contribution in [-0.2, 0) is 16.0 Å². The Morgan fingerprint density at radius 2 is 1.88 bits per heavy atom. The van der Waals surface area contributed by atoms with Gasteiger partial charge in [0.15, 0.2) is 18.1 Å². The van der Waals surface area contributed by atoms with Gasteiger partial charge in [-0.2, -0.15) is 5.26 Å². The molecule has 0 spiro atoms. The normalized spacial score (nSPS) is 11.1. The lowest BCUT2D eigenvalue weighted by Crippen LogP contribution is -2.26. The SMILES string of the molecule is CCOc1cc(/C=C(/C#N)C(=O)NCCc2c[nH]c3ccccc23)cc(I)c1OCC(=O)Nc1ccc(C)cc1. The molecule has 4 aromatic rings. The molecular weight excluding hydrogens is 619 g/mol.